The molecule has 2 aromatic heterocycles. The van der Waals surface area contributed by atoms with E-state index in [1.807, 2.05) is 0 Å². The molecule has 0 bridgehead atoms. The summed E-state index contributed by atoms with van der Waals surface area (Å²) in [4.78, 5) is 9.51. The van der Waals surface area contributed by atoms with Gasteiger partial charge in [-0.05, 0) is 44.1 Å². The van der Waals surface area contributed by atoms with Crippen molar-refractivity contribution in [3.8, 4) is 0 Å². The van der Waals surface area contributed by atoms with Crippen molar-refractivity contribution in [2.75, 3.05) is 5.73 Å². The second kappa shape index (κ2) is 6.67. The van der Waals surface area contributed by atoms with Crippen molar-refractivity contribution in [3.63, 3.8) is 0 Å². The maximum atomic E-state index is 6.22. The summed E-state index contributed by atoms with van der Waals surface area (Å²) in [5.41, 5.74) is 11.0. The molecule has 3 rings (SSSR count). The van der Waals surface area contributed by atoms with Crippen LogP contribution in [0.4, 0.5) is 5.82 Å². The molecule has 22 heavy (non-hydrogen) atoms. The lowest BCUT2D eigenvalue weighted by atomic mass is 9.95. The minimum absolute atomic E-state index is 0.613. The highest BCUT2D eigenvalue weighted by molar-refractivity contribution is 5.89. The van der Waals surface area contributed by atoms with Crippen LogP contribution in [0.2, 0.25) is 0 Å². The number of fused-ring (bicyclic) bond motifs is 3. The van der Waals surface area contributed by atoms with Gasteiger partial charge in [-0.15, -0.1) is 0 Å². The first-order valence-electron chi connectivity index (χ1n) is 8.71. The summed E-state index contributed by atoms with van der Waals surface area (Å²) in [5, 5.41) is 0. The summed E-state index contributed by atoms with van der Waals surface area (Å²) < 4.78 is 2.42. The minimum atomic E-state index is 0.613. The highest BCUT2D eigenvalue weighted by Gasteiger charge is 2.22. The van der Waals surface area contributed by atoms with Gasteiger partial charge in [-0.25, -0.2) is 9.97 Å². The van der Waals surface area contributed by atoms with Crippen molar-refractivity contribution >= 4 is 16.9 Å². The molecule has 1 aliphatic rings. The molecule has 0 aliphatic heterocycles. The molecular weight excluding hydrogens is 272 g/mol. The molecule has 1 radical (unpaired) electrons. The van der Waals surface area contributed by atoms with E-state index < -0.39 is 0 Å². The number of imidazole rings is 1. The Balaban J connectivity index is 2.16. The Labute approximate surface area is 133 Å². The van der Waals surface area contributed by atoms with Gasteiger partial charge in [-0.2, -0.15) is 0 Å². The smallest absolute Gasteiger partial charge is 0.151 e. The lowest BCUT2D eigenvalue weighted by Crippen LogP contribution is -2.11. The fourth-order valence-corrected chi connectivity index (χ4v) is 3.49. The van der Waals surface area contributed by atoms with Crippen molar-refractivity contribution in [3.05, 3.63) is 24.0 Å². The number of pyridine rings is 1. The Morgan fingerprint density at radius 2 is 2.00 bits per heavy atom. The lowest BCUT2D eigenvalue weighted by Gasteiger charge is -2.18. The van der Waals surface area contributed by atoms with Gasteiger partial charge in [0.2, 0.25) is 0 Å². The molecule has 4 heteroatoms. The molecule has 119 valence electrons. The van der Waals surface area contributed by atoms with Crippen LogP contribution in [-0.2, 0) is 25.8 Å². The average molecular weight is 299 g/mol. The molecule has 0 fully saturated rings. The molecule has 4 nitrogen and oxygen atoms in total. The first-order valence-corrected chi connectivity index (χ1v) is 8.71. The second-order valence-electron chi connectivity index (χ2n) is 6.32. The summed E-state index contributed by atoms with van der Waals surface area (Å²) in [5.74, 6) is 1.79. The van der Waals surface area contributed by atoms with Crippen LogP contribution in [0.3, 0.4) is 0 Å². The van der Waals surface area contributed by atoms with Gasteiger partial charge in [0, 0.05) is 18.7 Å². The standard InChI is InChI=1S/C18H27N4/c1-3-5-11-15-21-16-17(22(15)12-6-4-2)13-9-7-8-10-14(13)20-18(16)19/h2-12H2,1H3,(H2,19,20). The molecule has 0 atom stereocenters. The van der Waals surface area contributed by atoms with Gasteiger partial charge in [0.15, 0.2) is 5.82 Å². The number of aryl methyl sites for hydroxylation is 4. The van der Waals surface area contributed by atoms with Gasteiger partial charge >= 0.3 is 0 Å². The van der Waals surface area contributed by atoms with Crippen molar-refractivity contribution in [2.45, 2.75) is 71.3 Å². The van der Waals surface area contributed by atoms with Gasteiger partial charge in [-0.3, -0.25) is 0 Å². The first kappa shape index (κ1) is 15.3. The third-order valence-electron chi connectivity index (χ3n) is 4.65. The van der Waals surface area contributed by atoms with Gasteiger partial charge in [0.1, 0.15) is 11.3 Å². The molecule has 0 unspecified atom stereocenters. The number of aromatic nitrogens is 3. The third kappa shape index (κ3) is 2.71. The number of hydrogen-bond donors (Lipinski definition) is 1. The topological polar surface area (TPSA) is 56.7 Å². The predicted octanol–water partition coefficient (Wildman–Crippen LogP) is 3.85. The van der Waals surface area contributed by atoms with Crippen LogP contribution >= 0.6 is 0 Å². The fraction of sp³-hybridized carbons (Fsp3) is 0.611. The number of anilines is 1. The Morgan fingerprint density at radius 3 is 2.77 bits per heavy atom. The number of nitrogen functional groups attached to an aromatic ring is 1. The highest BCUT2D eigenvalue weighted by Crippen LogP contribution is 2.32. The molecule has 0 saturated carbocycles. The second-order valence-corrected chi connectivity index (χ2v) is 6.32. The summed E-state index contributed by atoms with van der Waals surface area (Å²) in [6, 6.07) is 0. The highest BCUT2D eigenvalue weighted by atomic mass is 15.1. The first-order chi connectivity index (χ1) is 10.8. The normalized spacial score (nSPS) is 14.5. The van der Waals surface area contributed by atoms with E-state index in [1.54, 1.807) is 0 Å². The van der Waals surface area contributed by atoms with E-state index >= 15 is 0 Å². The minimum Gasteiger partial charge on any atom is -0.382 e. The van der Waals surface area contributed by atoms with Crippen LogP contribution in [0.15, 0.2) is 0 Å². The van der Waals surface area contributed by atoms with Crippen LogP contribution < -0.4 is 5.73 Å². The summed E-state index contributed by atoms with van der Waals surface area (Å²) in [7, 11) is 0. The zero-order valence-corrected chi connectivity index (χ0v) is 13.7. The maximum absolute atomic E-state index is 6.22. The summed E-state index contributed by atoms with van der Waals surface area (Å²) in [6.45, 7) is 7.21. The maximum Gasteiger partial charge on any atom is 0.151 e. The van der Waals surface area contributed by atoms with Crippen LogP contribution in [0.25, 0.3) is 11.0 Å². The van der Waals surface area contributed by atoms with Crippen LogP contribution in [0.5, 0.6) is 0 Å². The quantitative estimate of drug-likeness (QED) is 0.881. The average Bonchev–Trinajstić information content (AvgIpc) is 2.90. The molecule has 0 saturated heterocycles. The van der Waals surface area contributed by atoms with Crippen molar-refractivity contribution < 1.29 is 0 Å². The van der Waals surface area contributed by atoms with Crippen LogP contribution in [0.1, 0.15) is 62.5 Å². The Hall–Kier alpha value is -1.58. The van der Waals surface area contributed by atoms with E-state index in [2.05, 4.69) is 23.4 Å². The monoisotopic (exact) mass is 299 g/mol. The number of nitrogens with two attached hydrogens (primary N) is 1. The van der Waals surface area contributed by atoms with E-state index in [-0.39, 0.29) is 0 Å². The van der Waals surface area contributed by atoms with E-state index in [9.17, 15) is 0 Å². The number of rotatable bonds is 6. The van der Waals surface area contributed by atoms with Gasteiger partial charge in [0.05, 0.1) is 5.52 Å². The largest absolute Gasteiger partial charge is 0.382 e. The summed E-state index contributed by atoms with van der Waals surface area (Å²) in [6.07, 6.45) is 10.1. The number of hydrogen-bond acceptors (Lipinski definition) is 3. The van der Waals surface area contributed by atoms with E-state index in [0.717, 1.165) is 44.2 Å². The fourth-order valence-electron chi connectivity index (χ4n) is 3.49. The lowest BCUT2D eigenvalue weighted by molar-refractivity contribution is 0.609. The Morgan fingerprint density at radius 1 is 1.18 bits per heavy atom. The zero-order valence-electron chi connectivity index (χ0n) is 13.7. The molecule has 2 N–H and O–H groups in total. The summed E-state index contributed by atoms with van der Waals surface area (Å²) >= 11 is 0. The molecule has 0 amide bonds. The van der Waals surface area contributed by atoms with Crippen molar-refractivity contribution in [1.29, 1.82) is 0 Å². The SMILES string of the molecule is [CH2]CCCn1c(CCCC)nc2c(N)nc3c(c21)CCCC3. The van der Waals surface area contributed by atoms with Gasteiger partial charge < -0.3 is 10.3 Å². The molecule has 2 heterocycles. The van der Waals surface area contributed by atoms with E-state index in [4.69, 9.17) is 10.7 Å². The van der Waals surface area contributed by atoms with Crippen molar-refractivity contribution in [1.82, 2.24) is 14.5 Å². The van der Waals surface area contributed by atoms with Crippen LogP contribution in [0, 0.1) is 6.92 Å². The molecule has 2 aromatic rings. The van der Waals surface area contributed by atoms with E-state index in [1.165, 1.54) is 48.3 Å². The molecular formula is C18H27N4. The van der Waals surface area contributed by atoms with E-state index in [0.29, 0.717) is 5.82 Å². The predicted molar refractivity (Wildman–Crippen MR) is 91.8 cm³/mol. The third-order valence-corrected chi connectivity index (χ3v) is 4.65. The Bertz CT molecular complexity index is 657. The zero-order chi connectivity index (χ0) is 15.5. The number of nitrogens with zero attached hydrogens (tertiary/aromatic N) is 3. The van der Waals surface area contributed by atoms with Crippen molar-refractivity contribution in [2.24, 2.45) is 0 Å². The molecule has 0 spiro atoms. The number of unbranched alkanes of at least 4 members (excludes halogenated alkanes) is 2. The van der Waals surface area contributed by atoms with Gasteiger partial charge in [0.25, 0.3) is 0 Å². The van der Waals surface area contributed by atoms with Gasteiger partial charge in [-0.1, -0.05) is 26.7 Å². The Kier molecular flexibility index (Phi) is 4.65. The van der Waals surface area contributed by atoms with Crippen LogP contribution in [-0.4, -0.2) is 14.5 Å². The molecule has 0 aromatic carbocycles. The molecule has 1 aliphatic carbocycles.